The van der Waals surface area contributed by atoms with Gasteiger partial charge in [0.05, 0.1) is 5.92 Å². The predicted molar refractivity (Wildman–Crippen MR) is 65.4 cm³/mol. The lowest BCUT2D eigenvalue weighted by atomic mass is 9.84. The number of rotatable bonds is 5. The summed E-state index contributed by atoms with van der Waals surface area (Å²) in [5.41, 5.74) is 1.22. The van der Waals surface area contributed by atoms with Crippen molar-refractivity contribution in [1.29, 1.82) is 0 Å². The molecule has 0 radical (unpaired) electrons. The van der Waals surface area contributed by atoms with Crippen molar-refractivity contribution in [2.45, 2.75) is 33.1 Å². The fraction of sp³-hybridized carbons (Fsp3) is 0.500. The topological polar surface area (TPSA) is 37.3 Å². The van der Waals surface area contributed by atoms with Crippen molar-refractivity contribution in [3.05, 3.63) is 35.9 Å². The molecule has 2 atom stereocenters. The Kier molecular flexibility index (Phi) is 4.53. The van der Waals surface area contributed by atoms with E-state index in [1.807, 2.05) is 32.0 Å². The van der Waals surface area contributed by atoms with Gasteiger partial charge in [0.15, 0.2) is 0 Å². The third-order valence-electron chi connectivity index (χ3n) is 3.10. The Labute approximate surface area is 97.3 Å². The first-order chi connectivity index (χ1) is 7.52. The first-order valence-electron chi connectivity index (χ1n) is 5.80. The maximum atomic E-state index is 11.1. The van der Waals surface area contributed by atoms with E-state index in [2.05, 4.69) is 19.1 Å². The number of aliphatic carboxylic acids is 1. The average molecular weight is 220 g/mol. The van der Waals surface area contributed by atoms with Crippen LogP contribution in [0.1, 0.15) is 38.7 Å². The zero-order chi connectivity index (χ0) is 12.1. The molecule has 0 fully saturated rings. The number of benzene rings is 1. The smallest absolute Gasteiger partial charge is 0.306 e. The third-order valence-corrected chi connectivity index (χ3v) is 3.10. The Morgan fingerprint density at radius 1 is 1.19 bits per heavy atom. The van der Waals surface area contributed by atoms with Crippen LogP contribution in [0.3, 0.4) is 0 Å². The minimum Gasteiger partial charge on any atom is -0.481 e. The highest BCUT2D eigenvalue weighted by molar-refractivity contribution is 5.70. The summed E-state index contributed by atoms with van der Waals surface area (Å²) < 4.78 is 0. The van der Waals surface area contributed by atoms with Crippen LogP contribution in [0.2, 0.25) is 0 Å². The summed E-state index contributed by atoms with van der Waals surface area (Å²) in [7, 11) is 0. The molecule has 0 amide bonds. The molecule has 1 aromatic carbocycles. The second-order valence-electron chi connectivity index (χ2n) is 4.74. The van der Waals surface area contributed by atoms with Gasteiger partial charge in [-0.1, -0.05) is 51.1 Å². The predicted octanol–water partition coefficient (Wildman–Crippen LogP) is 3.54. The van der Waals surface area contributed by atoms with Gasteiger partial charge in [0, 0.05) is 0 Å². The normalized spacial score (nSPS) is 14.8. The molecule has 0 aliphatic rings. The Hall–Kier alpha value is -1.31. The molecular weight excluding hydrogens is 200 g/mol. The number of carboxylic acid groups (broad SMARTS) is 1. The largest absolute Gasteiger partial charge is 0.481 e. The van der Waals surface area contributed by atoms with Gasteiger partial charge in [-0.15, -0.1) is 0 Å². The van der Waals surface area contributed by atoms with Gasteiger partial charge < -0.3 is 5.11 Å². The van der Waals surface area contributed by atoms with Crippen LogP contribution in [0.4, 0.5) is 0 Å². The number of hydrogen-bond donors (Lipinski definition) is 1. The lowest BCUT2D eigenvalue weighted by molar-refractivity contribution is -0.143. The molecule has 2 heteroatoms. The van der Waals surface area contributed by atoms with Crippen molar-refractivity contribution >= 4 is 5.97 Å². The highest BCUT2D eigenvalue weighted by Gasteiger charge is 2.24. The first-order valence-corrected chi connectivity index (χ1v) is 5.80. The van der Waals surface area contributed by atoms with E-state index in [9.17, 15) is 4.79 Å². The fourth-order valence-electron chi connectivity index (χ4n) is 1.96. The molecular formula is C14H20O2. The van der Waals surface area contributed by atoms with Gasteiger partial charge in [0.1, 0.15) is 0 Å². The lowest BCUT2D eigenvalue weighted by Crippen LogP contribution is -2.21. The van der Waals surface area contributed by atoms with E-state index in [4.69, 9.17) is 5.11 Å². The molecule has 0 aliphatic carbocycles. The van der Waals surface area contributed by atoms with Gasteiger partial charge in [0.25, 0.3) is 0 Å². The summed E-state index contributed by atoms with van der Waals surface area (Å²) in [6.07, 6.45) is 0.705. The van der Waals surface area contributed by atoms with Crippen molar-refractivity contribution in [2.24, 2.45) is 11.8 Å². The van der Waals surface area contributed by atoms with Crippen LogP contribution in [0.15, 0.2) is 30.3 Å². The van der Waals surface area contributed by atoms with Crippen LogP contribution >= 0.6 is 0 Å². The summed E-state index contributed by atoms with van der Waals surface area (Å²) in [6, 6.07) is 10.1. The van der Waals surface area contributed by atoms with Gasteiger partial charge in [-0.3, -0.25) is 4.79 Å². The molecule has 0 spiro atoms. The van der Waals surface area contributed by atoms with Gasteiger partial charge in [0.2, 0.25) is 0 Å². The van der Waals surface area contributed by atoms with Crippen molar-refractivity contribution in [3.63, 3.8) is 0 Å². The second kappa shape index (κ2) is 5.69. The molecule has 0 bridgehead atoms. The Balaban J connectivity index is 2.69. The summed E-state index contributed by atoms with van der Waals surface area (Å²) in [5, 5.41) is 9.14. The van der Waals surface area contributed by atoms with Gasteiger partial charge in [-0.05, 0) is 23.8 Å². The van der Waals surface area contributed by atoms with Crippen molar-refractivity contribution < 1.29 is 9.90 Å². The maximum Gasteiger partial charge on any atom is 0.306 e. The highest BCUT2D eigenvalue weighted by atomic mass is 16.4. The Morgan fingerprint density at radius 2 is 1.75 bits per heavy atom. The molecule has 16 heavy (non-hydrogen) atoms. The number of carboxylic acids is 1. The highest BCUT2D eigenvalue weighted by Crippen LogP contribution is 2.27. The van der Waals surface area contributed by atoms with Gasteiger partial charge >= 0.3 is 5.97 Å². The van der Waals surface area contributed by atoms with Crippen LogP contribution < -0.4 is 0 Å². The average Bonchev–Trinajstić information content (AvgIpc) is 2.25. The van der Waals surface area contributed by atoms with E-state index >= 15 is 0 Å². The van der Waals surface area contributed by atoms with E-state index in [1.54, 1.807) is 0 Å². The summed E-state index contributed by atoms with van der Waals surface area (Å²) in [4.78, 5) is 11.1. The van der Waals surface area contributed by atoms with Crippen molar-refractivity contribution in [2.75, 3.05) is 0 Å². The summed E-state index contributed by atoms with van der Waals surface area (Å²) >= 11 is 0. The van der Waals surface area contributed by atoms with E-state index in [0.29, 0.717) is 12.3 Å². The Morgan fingerprint density at radius 3 is 2.19 bits per heavy atom. The van der Waals surface area contributed by atoms with Crippen molar-refractivity contribution in [1.82, 2.24) is 0 Å². The standard InChI is InChI=1S/C14H20O2/c1-10(2)13(14(15)16)9-11(3)12-7-5-4-6-8-12/h4-8,10-11,13H,9H2,1-3H3,(H,15,16). The minimum absolute atomic E-state index is 0.184. The summed E-state index contributed by atoms with van der Waals surface area (Å²) in [6.45, 7) is 6.03. The maximum absolute atomic E-state index is 11.1. The van der Waals surface area contributed by atoms with Gasteiger partial charge in [-0.25, -0.2) is 0 Å². The van der Waals surface area contributed by atoms with E-state index in [1.165, 1.54) is 5.56 Å². The van der Waals surface area contributed by atoms with Crippen LogP contribution in [0.5, 0.6) is 0 Å². The third kappa shape index (κ3) is 3.37. The van der Waals surface area contributed by atoms with E-state index < -0.39 is 5.97 Å². The summed E-state index contributed by atoms with van der Waals surface area (Å²) in [5.74, 6) is -0.457. The molecule has 1 N–H and O–H groups in total. The molecule has 0 aliphatic heterocycles. The lowest BCUT2D eigenvalue weighted by Gasteiger charge is -2.20. The molecule has 0 heterocycles. The monoisotopic (exact) mass is 220 g/mol. The SMILES string of the molecule is CC(CC(C(=O)O)C(C)C)c1ccccc1. The number of carbonyl (C=O) groups is 1. The minimum atomic E-state index is -0.683. The van der Waals surface area contributed by atoms with Crippen molar-refractivity contribution in [3.8, 4) is 0 Å². The van der Waals surface area contributed by atoms with Crippen LogP contribution in [-0.2, 0) is 4.79 Å². The van der Waals surface area contributed by atoms with Crippen LogP contribution in [0.25, 0.3) is 0 Å². The zero-order valence-electron chi connectivity index (χ0n) is 10.2. The molecule has 1 aromatic rings. The van der Waals surface area contributed by atoms with Gasteiger partial charge in [-0.2, -0.15) is 0 Å². The van der Waals surface area contributed by atoms with Crippen LogP contribution in [-0.4, -0.2) is 11.1 Å². The second-order valence-corrected chi connectivity index (χ2v) is 4.74. The first kappa shape index (κ1) is 12.8. The quantitative estimate of drug-likeness (QED) is 0.824. The molecule has 0 saturated carbocycles. The van der Waals surface area contributed by atoms with Crippen LogP contribution in [0, 0.1) is 11.8 Å². The molecule has 0 aromatic heterocycles. The fourth-order valence-corrected chi connectivity index (χ4v) is 1.96. The Bertz CT molecular complexity index is 330. The molecule has 1 rings (SSSR count). The molecule has 88 valence electrons. The molecule has 0 saturated heterocycles. The van der Waals surface area contributed by atoms with E-state index in [-0.39, 0.29) is 11.8 Å². The zero-order valence-corrected chi connectivity index (χ0v) is 10.2. The molecule has 2 unspecified atom stereocenters. The molecule has 2 nitrogen and oxygen atoms in total. The van der Waals surface area contributed by atoms with E-state index in [0.717, 1.165) is 0 Å². The number of hydrogen-bond acceptors (Lipinski definition) is 1.